The van der Waals surface area contributed by atoms with E-state index < -0.39 is 5.97 Å². The van der Waals surface area contributed by atoms with E-state index in [1.54, 1.807) is 0 Å². The quantitative estimate of drug-likeness (QED) is 0.750. The van der Waals surface area contributed by atoms with Gasteiger partial charge in [-0.25, -0.2) is 4.79 Å². The predicted octanol–water partition coefficient (Wildman–Crippen LogP) is 4.09. The van der Waals surface area contributed by atoms with E-state index in [1.807, 2.05) is 6.92 Å². The number of allylic oxidation sites excluding steroid dienone is 1. The predicted molar refractivity (Wildman–Crippen MR) is 113 cm³/mol. The molecule has 2 saturated carbocycles. The van der Waals surface area contributed by atoms with Gasteiger partial charge in [0.05, 0.1) is 18.3 Å². The smallest absolute Gasteiger partial charge is 0.337 e. The Bertz CT molecular complexity index is 907. The van der Waals surface area contributed by atoms with Crippen LogP contribution in [0.3, 0.4) is 0 Å². The van der Waals surface area contributed by atoms with Crippen LogP contribution in [0.15, 0.2) is 35.3 Å². The van der Waals surface area contributed by atoms with E-state index in [2.05, 4.69) is 20.4 Å². The van der Waals surface area contributed by atoms with Crippen molar-refractivity contribution in [3.05, 3.63) is 46.4 Å². The number of aromatic carboxylic acids is 1. The second kappa shape index (κ2) is 7.65. The number of aryl methyl sites for hydroxylation is 1. The van der Waals surface area contributed by atoms with Crippen LogP contribution in [0.5, 0.6) is 0 Å². The van der Waals surface area contributed by atoms with Gasteiger partial charge >= 0.3 is 5.97 Å². The van der Waals surface area contributed by atoms with Gasteiger partial charge in [0, 0.05) is 24.2 Å². The Labute approximate surface area is 177 Å². The molecule has 2 heterocycles. The summed E-state index contributed by atoms with van der Waals surface area (Å²) in [5.41, 5.74) is 1.28. The van der Waals surface area contributed by atoms with Crippen LogP contribution < -0.4 is 5.56 Å². The molecule has 3 aliphatic rings. The minimum atomic E-state index is -1.02. The summed E-state index contributed by atoms with van der Waals surface area (Å²) in [6.45, 7) is 12.3. The summed E-state index contributed by atoms with van der Waals surface area (Å²) >= 11 is 0. The molecule has 4 rings (SSSR count). The van der Waals surface area contributed by atoms with Gasteiger partial charge in [-0.05, 0) is 62.3 Å². The molecular formula is C24H33NO5. The maximum atomic E-state index is 12.3. The van der Waals surface area contributed by atoms with Crippen LogP contribution in [0.4, 0.5) is 0 Å². The van der Waals surface area contributed by atoms with Crippen LogP contribution in [0.1, 0.15) is 63.2 Å². The number of hydrogen-bond acceptors (Lipinski definition) is 4. The Morgan fingerprint density at radius 1 is 1.30 bits per heavy atom. The Morgan fingerprint density at radius 2 is 2.07 bits per heavy atom. The summed E-state index contributed by atoms with van der Waals surface area (Å²) < 4.78 is 13.7. The molecule has 0 aromatic carbocycles. The fourth-order valence-electron chi connectivity index (χ4n) is 6.59. The Balaban J connectivity index is 1.58. The molecule has 3 fully saturated rings. The fraction of sp³-hybridized carbons (Fsp3) is 0.667. The van der Waals surface area contributed by atoms with Gasteiger partial charge in [-0.1, -0.05) is 26.0 Å². The molecule has 0 bridgehead atoms. The van der Waals surface area contributed by atoms with E-state index in [4.69, 9.17) is 9.47 Å². The molecule has 6 heteroatoms. The van der Waals surface area contributed by atoms with Gasteiger partial charge in [0.25, 0.3) is 5.56 Å². The molecule has 0 radical (unpaired) electrons. The fourth-order valence-corrected chi connectivity index (χ4v) is 6.59. The van der Waals surface area contributed by atoms with Gasteiger partial charge in [0.15, 0.2) is 6.29 Å². The lowest BCUT2D eigenvalue weighted by Gasteiger charge is -2.62. The lowest BCUT2D eigenvalue weighted by molar-refractivity contribution is -0.297. The summed E-state index contributed by atoms with van der Waals surface area (Å²) in [6, 6.07) is 2.71. The molecule has 1 N–H and O–H groups in total. The number of aromatic nitrogens is 1. The average Bonchev–Trinajstić information content (AvgIpc) is 2.69. The number of fused-ring (bicyclic) bond motifs is 3. The van der Waals surface area contributed by atoms with Crippen molar-refractivity contribution in [2.24, 2.45) is 22.7 Å². The van der Waals surface area contributed by atoms with Gasteiger partial charge < -0.3 is 19.1 Å². The highest BCUT2D eigenvalue weighted by Gasteiger charge is 2.59. The highest BCUT2D eigenvalue weighted by Crippen LogP contribution is 2.63. The molecular weight excluding hydrogens is 382 g/mol. The zero-order chi connectivity index (χ0) is 21.7. The minimum Gasteiger partial charge on any atom is -0.478 e. The maximum Gasteiger partial charge on any atom is 0.337 e. The summed E-state index contributed by atoms with van der Waals surface area (Å²) in [5.74, 6) is -0.266. The van der Waals surface area contributed by atoms with E-state index in [9.17, 15) is 14.7 Å². The highest BCUT2D eigenvalue weighted by molar-refractivity contribution is 5.87. The van der Waals surface area contributed by atoms with Gasteiger partial charge in [-0.3, -0.25) is 4.79 Å². The molecule has 1 saturated heterocycles. The van der Waals surface area contributed by atoms with E-state index in [0.29, 0.717) is 12.5 Å². The summed E-state index contributed by atoms with van der Waals surface area (Å²) in [6.07, 6.45) is 6.47. The van der Waals surface area contributed by atoms with Crippen molar-refractivity contribution in [1.29, 1.82) is 0 Å². The van der Waals surface area contributed by atoms with Crippen molar-refractivity contribution in [2.75, 3.05) is 6.61 Å². The number of hydrogen-bond donors (Lipinski definition) is 1. The number of nitrogens with zero attached hydrogens (tertiary/aromatic N) is 1. The van der Waals surface area contributed by atoms with E-state index >= 15 is 0 Å². The molecule has 0 spiro atoms. The number of pyridine rings is 1. The molecule has 6 atom stereocenters. The van der Waals surface area contributed by atoms with Crippen LogP contribution >= 0.6 is 0 Å². The van der Waals surface area contributed by atoms with E-state index in [0.717, 1.165) is 38.7 Å². The lowest BCUT2D eigenvalue weighted by Crippen LogP contribution is -2.61. The topological polar surface area (TPSA) is 77.8 Å². The summed E-state index contributed by atoms with van der Waals surface area (Å²) in [7, 11) is 0. The standard InChI is InChI=1S/C24H33NO5/c1-15-5-7-19-23(3,11-9-20-24(19,4)14-29-16(2)30-20)18(15)10-12-25-13-17(22(27)28)6-8-21(25)26/h6,8,13,16,18-20H,1,5,7,9-12,14H2,2-4H3,(H,27,28)/t16-,18-,19?,20-,23+,24+/m1/s1. The second-order valence-corrected chi connectivity index (χ2v) is 9.90. The molecule has 6 nitrogen and oxygen atoms in total. The van der Waals surface area contributed by atoms with E-state index in [1.165, 1.54) is 28.5 Å². The number of rotatable bonds is 4. The number of carbonyl (C=O) groups is 1. The average molecular weight is 416 g/mol. The summed E-state index contributed by atoms with van der Waals surface area (Å²) in [4.78, 5) is 23.6. The first kappa shape index (κ1) is 21.3. The molecule has 1 unspecified atom stereocenters. The van der Waals surface area contributed by atoms with Gasteiger partial charge in [0.1, 0.15) is 0 Å². The molecule has 30 heavy (non-hydrogen) atoms. The molecule has 1 aromatic heterocycles. The van der Waals surface area contributed by atoms with Gasteiger partial charge in [-0.2, -0.15) is 0 Å². The first-order valence-corrected chi connectivity index (χ1v) is 11.0. The van der Waals surface area contributed by atoms with Crippen LogP contribution in [-0.4, -0.2) is 34.6 Å². The van der Waals surface area contributed by atoms with Crippen molar-refractivity contribution in [2.45, 2.75) is 71.8 Å². The van der Waals surface area contributed by atoms with Crippen molar-refractivity contribution >= 4 is 5.97 Å². The van der Waals surface area contributed by atoms with Crippen LogP contribution in [0.2, 0.25) is 0 Å². The van der Waals surface area contributed by atoms with Crippen molar-refractivity contribution < 1.29 is 19.4 Å². The number of carboxylic acids is 1. The minimum absolute atomic E-state index is 0.0154. The zero-order valence-electron chi connectivity index (χ0n) is 18.2. The molecule has 164 valence electrons. The van der Waals surface area contributed by atoms with Crippen LogP contribution in [0.25, 0.3) is 0 Å². The van der Waals surface area contributed by atoms with E-state index in [-0.39, 0.29) is 40.3 Å². The SMILES string of the molecule is C=C1CCC2[C@]3(C)CO[C@@H](C)O[C@@H]3CC[C@@]2(C)[C@@H]1CCn1cc(C(=O)O)ccc1=O. The number of carboxylic acid groups (broad SMARTS) is 1. The van der Waals surface area contributed by atoms with Crippen LogP contribution in [0, 0.1) is 22.7 Å². The van der Waals surface area contributed by atoms with Crippen LogP contribution in [-0.2, 0) is 16.0 Å². The van der Waals surface area contributed by atoms with Gasteiger partial charge in [0.2, 0.25) is 0 Å². The molecule has 2 aliphatic carbocycles. The maximum absolute atomic E-state index is 12.3. The zero-order valence-corrected chi connectivity index (χ0v) is 18.2. The normalized spacial score (nSPS) is 38.6. The van der Waals surface area contributed by atoms with Gasteiger partial charge in [-0.15, -0.1) is 0 Å². The molecule has 0 amide bonds. The van der Waals surface area contributed by atoms with Crippen molar-refractivity contribution in [3.8, 4) is 0 Å². The molecule has 1 aromatic rings. The lowest BCUT2D eigenvalue weighted by atomic mass is 9.46. The third-order valence-electron chi connectivity index (χ3n) is 8.19. The third kappa shape index (κ3) is 3.44. The highest BCUT2D eigenvalue weighted by atomic mass is 16.7. The monoisotopic (exact) mass is 415 g/mol. The number of ether oxygens (including phenoxy) is 2. The Morgan fingerprint density at radius 3 is 2.80 bits per heavy atom. The molecule has 1 aliphatic heterocycles. The first-order chi connectivity index (χ1) is 14.1. The summed E-state index contributed by atoms with van der Waals surface area (Å²) in [5, 5.41) is 9.26. The largest absolute Gasteiger partial charge is 0.478 e. The second-order valence-electron chi connectivity index (χ2n) is 9.90. The first-order valence-electron chi connectivity index (χ1n) is 11.0. The Kier molecular flexibility index (Phi) is 5.43. The Hall–Kier alpha value is -1.92. The third-order valence-corrected chi connectivity index (χ3v) is 8.19. The van der Waals surface area contributed by atoms with Crippen molar-refractivity contribution in [3.63, 3.8) is 0 Å². The van der Waals surface area contributed by atoms with Crippen molar-refractivity contribution in [1.82, 2.24) is 4.57 Å².